The van der Waals surface area contributed by atoms with Crippen molar-refractivity contribution in [2.75, 3.05) is 0 Å². The van der Waals surface area contributed by atoms with Crippen molar-refractivity contribution in [3.63, 3.8) is 0 Å². The highest BCUT2D eigenvalue weighted by Crippen LogP contribution is 2.51. The number of hydrogen-bond acceptors (Lipinski definition) is 2. The summed E-state index contributed by atoms with van der Waals surface area (Å²) in [6.45, 7) is 7.06. The van der Waals surface area contributed by atoms with Gasteiger partial charge < -0.3 is 5.32 Å². The molecule has 0 unspecified atom stereocenters. The Labute approximate surface area is 154 Å². The van der Waals surface area contributed by atoms with E-state index in [0.29, 0.717) is 24.6 Å². The van der Waals surface area contributed by atoms with Gasteiger partial charge in [0.15, 0.2) is 0 Å². The summed E-state index contributed by atoms with van der Waals surface area (Å²) in [6.07, 6.45) is -0.633. The van der Waals surface area contributed by atoms with Crippen LogP contribution in [0.15, 0.2) is 24.3 Å². The van der Waals surface area contributed by atoms with Gasteiger partial charge in [0.1, 0.15) is 0 Å². The summed E-state index contributed by atoms with van der Waals surface area (Å²) in [5.41, 5.74) is 1.17. The van der Waals surface area contributed by atoms with Gasteiger partial charge in [-0.25, -0.2) is 0 Å². The molecule has 1 aliphatic rings. The molecule has 0 aromatic heterocycles. The molecule has 144 valence electrons. The number of alkyl halides is 3. The maximum absolute atomic E-state index is 12.7. The monoisotopic (exact) mass is 366 g/mol. The van der Waals surface area contributed by atoms with Crippen LogP contribution in [0.3, 0.4) is 0 Å². The van der Waals surface area contributed by atoms with Crippen molar-refractivity contribution in [1.82, 2.24) is 5.32 Å². The van der Waals surface area contributed by atoms with Crippen molar-refractivity contribution in [2.24, 2.45) is 10.8 Å². The maximum atomic E-state index is 12.7. The highest BCUT2D eigenvalue weighted by Gasteiger charge is 2.44. The zero-order valence-electron chi connectivity index (χ0n) is 15.9. The molecule has 0 bridgehead atoms. The van der Waals surface area contributed by atoms with Gasteiger partial charge in [-0.3, -0.25) is 0 Å². The van der Waals surface area contributed by atoms with Crippen molar-refractivity contribution in [3.05, 3.63) is 35.4 Å². The molecule has 0 aliphatic heterocycles. The first-order valence-corrected chi connectivity index (χ1v) is 9.30. The largest absolute Gasteiger partial charge is 0.393 e. The molecule has 1 aromatic carbocycles. The van der Waals surface area contributed by atoms with Gasteiger partial charge in [0.25, 0.3) is 0 Å². The highest BCUT2D eigenvalue weighted by molar-refractivity contribution is 5.27. The fourth-order valence-corrected chi connectivity index (χ4v) is 4.09. The topological polar surface area (TPSA) is 35.8 Å². The number of nitrogens with zero attached hydrogens (tertiary/aromatic N) is 1. The standard InChI is InChI=1S/C21H29F3N2/c1-19(2,3)20(12-13-25)10-8-18(9-11-20)26-15-17-7-5-4-6-16(17)14-21(22,23)24/h4-7,18,26H,8-12,14-15H2,1-3H3. The Kier molecular flexibility index (Phi) is 6.39. The lowest BCUT2D eigenvalue weighted by atomic mass is 9.57. The smallest absolute Gasteiger partial charge is 0.310 e. The van der Waals surface area contributed by atoms with Crippen LogP contribution in [0.5, 0.6) is 0 Å². The van der Waals surface area contributed by atoms with Gasteiger partial charge in [-0.2, -0.15) is 18.4 Å². The second-order valence-corrected chi connectivity index (χ2v) is 8.58. The lowest BCUT2D eigenvalue weighted by molar-refractivity contribution is -0.127. The Morgan fingerprint density at radius 2 is 1.69 bits per heavy atom. The van der Waals surface area contributed by atoms with E-state index in [1.54, 1.807) is 24.3 Å². The Morgan fingerprint density at radius 3 is 2.19 bits per heavy atom. The van der Waals surface area contributed by atoms with Crippen molar-refractivity contribution in [1.29, 1.82) is 5.26 Å². The summed E-state index contributed by atoms with van der Waals surface area (Å²) < 4.78 is 38.2. The second kappa shape index (κ2) is 8.00. The summed E-state index contributed by atoms with van der Waals surface area (Å²) in [4.78, 5) is 0. The fraction of sp³-hybridized carbons (Fsp3) is 0.667. The first kappa shape index (κ1) is 20.8. The minimum absolute atomic E-state index is 0.0358. The van der Waals surface area contributed by atoms with Crippen molar-refractivity contribution in [3.8, 4) is 6.07 Å². The summed E-state index contributed by atoms with van der Waals surface area (Å²) >= 11 is 0. The molecule has 0 saturated heterocycles. The second-order valence-electron chi connectivity index (χ2n) is 8.58. The van der Waals surface area contributed by atoms with E-state index in [1.165, 1.54) is 0 Å². The molecule has 0 radical (unpaired) electrons. The Hall–Kier alpha value is -1.54. The van der Waals surface area contributed by atoms with E-state index in [1.807, 2.05) is 0 Å². The van der Waals surface area contributed by atoms with Crippen molar-refractivity contribution in [2.45, 2.75) is 78.1 Å². The van der Waals surface area contributed by atoms with Crippen LogP contribution in [0.4, 0.5) is 13.2 Å². The average Bonchev–Trinajstić information content (AvgIpc) is 2.53. The molecule has 1 saturated carbocycles. The number of hydrogen-bond donors (Lipinski definition) is 1. The van der Waals surface area contributed by atoms with Gasteiger partial charge >= 0.3 is 6.18 Å². The Morgan fingerprint density at radius 1 is 1.12 bits per heavy atom. The van der Waals surface area contributed by atoms with Gasteiger partial charge in [-0.1, -0.05) is 45.0 Å². The van der Waals surface area contributed by atoms with Gasteiger partial charge in [-0.15, -0.1) is 0 Å². The molecular weight excluding hydrogens is 337 g/mol. The molecule has 2 nitrogen and oxygen atoms in total. The first-order valence-electron chi connectivity index (χ1n) is 9.30. The van der Waals surface area contributed by atoms with Crippen LogP contribution >= 0.6 is 0 Å². The van der Waals surface area contributed by atoms with Crippen LogP contribution in [0.2, 0.25) is 0 Å². The number of nitriles is 1. The molecule has 1 fully saturated rings. The minimum Gasteiger partial charge on any atom is -0.310 e. The van der Waals surface area contributed by atoms with Crippen molar-refractivity contribution < 1.29 is 13.2 Å². The third kappa shape index (κ3) is 5.23. The molecule has 1 aliphatic carbocycles. The molecular formula is C21H29F3N2. The molecule has 1 aromatic rings. The SMILES string of the molecule is CC(C)(C)C1(CC#N)CCC(NCc2ccccc2CC(F)(F)F)CC1. The molecule has 1 N–H and O–H groups in total. The number of rotatable bonds is 5. The molecule has 0 spiro atoms. The Bertz CT molecular complexity index is 630. The van der Waals surface area contributed by atoms with Crippen LogP contribution in [-0.4, -0.2) is 12.2 Å². The van der Waals surface area contributed by atoms with Crippen LogP contribution in [0, 0.1) is 22.2 Å². The lowest BCUT2D eigenvalue weighted by Gasteiger charge is -2.48. The molecule has 0 amide bonds. The normalized spacial score (nSPS) is 24.3. The number of halogens is 3. The van der Waals surface area contributed by atoms with Crippen LogP contribution in [0.1, 0.15) is 64.0 Å². The van der Waals surface area contributed by atoms with E-state index in [0.717, 1.165) is 31.2 Å². The van der Waals surface area contributed by atoms with E-state index in [-0.39, 0.29) is 10.8 Å². The van der Waals surface area contributed by atoms with Crippen molar-refractivity contribution >= 4 is 0 Å². The predicted molar refractivity (Wildman–Crippen MR) is 97.4 cm³/mol. The summed E-state index contributed by atoms with van der Waals surface area (Å²) in [7, 11) is 0. The van der Waals surface area contributed by atoms with Crippen LogP contribution in [0.25, 0.3) is 0 Å². The van der Waals surface area contributed by atoms with E-state index >= 15 is 0 Å². The first-order chi connectivity index (χ1) is 12.1. The quantitative estimate of drug-likeness (QED) is 0.718. The molecule has 26 heavy (non-hydrogen) atoms. The highest BCUT2D eigenvalue weighted by atomic mass is 19.4. The zero-order chi connectivity index (χ0) is 19.4. The average molecular weight is 366 g/mol. The van der Waals surface area contributed by atoms with Gasteiger partial charge in [0.2, 0.25) is 0 Å². The fourth-order valence-electron chi connectivity index (χ4n) is 4.09. The molecule has 5 heteroatoms. The van der Waals surface area contributed by atoms with E-state index in [2.05, 4.69) is 32.2 Å². The third-order valence-electron chi connectivity index (χ3n) is 6.04. The van der Waals surface area contributed by atoms with Gasteiger partial charge in [-0.05, 0) is 47.6 Å². The number of benzene rings is 1. The predicted octanol–water partition coefficient (Wildman–Crippen LogP) is 5.77. The summed E-state index contributed by atoms with van der Waals surface area (Å²) in [6, 6.07) is 9.43. The van der Waals surface area contributed by atoms with E-state index in [9.17, 15) is 18.4 Å². The zero-order valence-corrected chi connectivity index (χ0v) is 15.9. The summed E-state index contributed by atoms with van der Waals surface area (Å²) in [5.74, 6) is 0. The van der Waals surface area contributed by atoms with Gasteiger partial charge in [0.05, 0.1) is 12.5 Å². The van der Waals surface area contributed by atoms with Crippen LogP contribution in [-0.2, 0) is 13.0 Å². The minimum atomic E-state index is -4.19. The molecule has 0 atom stereocenters. The van der Waals surface area contributed by atoms with E-state index in [4.69, 9.17) is 0 Å². The van der Waals surface area contributed by atoms with Crippen LogP contribution < -0.4 is 5.32 Å². The number of nitrogens with one attached hydrogen (secondary N) is 1. The van der Waals surface area contributed by atoms with E-state index < -0.39 is 12.6 Å². The molecule has 2 rings (SSSR count). The van der Waals surface area contributed by atoms with Gasteiger partial charge in [0, 0.05) is 19.0 Å². The lowest BCUT2D eigenvalue weighted by Crippen LogP contribution is -2.43. The molecule has 0 heterocycles. The summed E-state index contributed by atoms with van der Waals surface area (Å²) in [5, 5.41) is 12.7. The Balaban J connectivity index is 1.96. The maximum Gasteiger partial charge on any atom is 0.393 e. The third-order valence-corrected chi connectivity index (χ3v) is 6.04.